The molecule has 0 saturated carbocycles. The van der Waals surface area contributed by atoms with Gasteiger partial charge in [-0.25, -0.2) is 0 Å². The Labute approximate surface area is 114 Å². The van der Waals surface area contributed by atoms with Crippen LogP contribution >= 0.6 is 22.6 Å². The van der Waals surface area contributed by atoms with E-state index in [0.29, 0.717) is 16.8 Å². The number of rotatable bonds is 2. The molecule has 0 atom stereocenters. The van der Waals surface area contributed by atoms with E-state index < -0.39 is 0 Å². The zero-order valence-electron chi connectivity index (χ0n) is 9.41. The Balaban J connectivity index is 2.44. The van der Waals surface area contributed by atoms with Gasteiger partial charge in [0.25, 0.3) is 0 Å². The SMILES string of the molecule is Cc1cc(N)ccc1C(=O)c1cccc(I)c1. The molecule has 0 amide bonds. The average molecular weight is 337 g/mol. The van der Waals surface area contributed by atoms with Crippen LogP contribution in [0.25, 0.3) is 0 Å². The van der Waals surface area contributed by atoms with E-state index in [1.54, 1.807) is 12.1 Å². The van der Waals surface area contributed by atoms with Crippen LogP contribution in [0.1, 0.15) is 21.5 Å². The van der Waals surface area contributed by atoms with E-state index in [2.05, 4.69) is 22.6 Å². The van der Waals surface area contributed by atoms with Gasteiger partial charge in [0, 0.05) is 20.4 Å². The standard InChI is InChI=1S/C14H12INO/c1-9-7-12(16)5-6-13(9)14(17)10-3-2-4-11(15)8-10/h2-8H,16H2,1H3. The van der Waals surface area contributed by atoms with Gasteiger partial charge in [0.05, 0.1) is 0 Å². The van der Waals surface area contributed by atoms with Crippen molar-refractivity contribution in [1.82, 2.24) is 0 Å². The fourth-order valence-corrected chi connectivity index (χ4v) is 2.27. The van der Waals surface area contributed by atoms with Gasteiger partial charge >= 0.3 is 0 Å². The van der Waals surface area contributed by atoms with E-state index in [0.717, 1.165) is 9.13 Å². The molecule has 0 aliphatic carbocycles. The molecule has 0 aliphatic rings. The lowest BCUT2D eigenvalue weighted by molar-refractivity contribution is 0.103. The molecule has 3 heteroatoms. The normalized spacial score (nSPS) is 10.2. The van der Waals surface area contributed by atoms with Gasteiger partial charge in [-0.3, -0.25) is 4.79 Å². The lowest BCUT2D eigenvalue weighted by Gasteiger charge is -2.06. The van der Waals surface area contributed by atoms with Gasteiger partial charge in [0.15, 0.2) is 5.78 Å². The predicted octanol–water partition coefficient (Wildman–Crippen LogP) is 3.41. The van der Waals surface area contributed by atoms with Gasteiger partial charge < -0.3 is 5.73 Å². The zero-order valence-corrected chi connectivity index (χ0v) is 11.6. The molecule has 86 valence electrons. The van der Waals surface area contributed by atoms with Crippen molar-refractivity contribution in [1.29, 1.82) is 0 Å². The van der Waals surface area contributed by atoms with Gasteiger partial charge in [-0.2, -0.15) is 0 Å². The van der Waals surface area contributed by atoms with E-state index in [9.17, 15) is 4.79 Å². The van der Waals surface area contributed by atoms with E-state index in [1.165, 1.54) is 0 Å². The molecule has 0 aliphatic heterocycles. The smallest absolute Gasteiger partial charge is 0.193 e. The van der Waals surface area contributed by atoms with Crippen LogP contribution in [0.4, 0.5) is 5.69 Å². The minimum Gasteiger partial charge on any atom is -0.399 e. The highest BCUT2D eigenvalue weighted by molar-refractivity contribution is 14.1. The van der Waals surface area contributed by atoms with Crippen LogP contribution in [0.5, 0.6) is 0 Å². The number of carbonyl (C=O) groups excluding carboxylic acids is 1. The molecule has 0 fully saturated rings. The van der Waals surface area contributed by atoms with E-state index in [4.69, 9.17) is 5.73 Å². The van der Waals surface area contributed by atoms with Gasteiger partial charge in [0.1, 0.15) is 0 Å². The van der Waals surface area contributed by atoms with Crippen molar-refractivity contribution >= 4 is 34.1 Å². The zero-order chi connectivity index (χ0) is 12.4. The molecule has 0 radical (unpaired) electrons. The maximum atomic E-state index is 12.3. The summed E-state index contributed by atoms with van der Waals surface area (Å²) in [5.74, 6) is 0.0426. The highest BCUT2D eigenvalue weighted by Gasteiger charge is 2.11. The number of ketones is 1. The summed E-state index contributed by atoms with van der Waals surface area (Å²) in [5.41, 5.74) is 8.69. The Kier molecular flexibility index (Phi) is 3.47. The highest BCUT2D eigenvalue weighted by Crippen LogP contribution is 2.18. The molecule has 0 saturated heterocycles. The van der Waals surface area contributed by atoms with Crippen molar-refractivity contribution in [2.75, 3.05) is 5.73 Å². The summed E-state index contributed by atoms with van der Waals surface area (Å²) >= 11 is 2.20. The Bertz CT molecular complexity index is 578. The van der Waals surface area contributed by atoms with Gasteiger partial charge in [0.2, 0.25) is 0 Å². The topological polar surface area (TPSA) is 43.1 Å². The molecule has 2 aromatic rings. The third kappa shape index (κ3) is 2.66. The van der Waals surface area contributed by atoms with Crippen LogP contribution in [-0.4, -0.2) is 5.78 Å². The Morgan fingerprint density at radius 3 is 2.59 bits per heavy atom. The summed E-state index contributed by atoms with van der Waals surface area (Å²) in [6.07, 6.45) is 0. The average Bonchev–Trinajstić information content (AvgIpc) is 2.28. The number of aryl methyl sites for hydroxylation is 1. The van der Waals surface area contributed by atoms with Crippen LogP contribution < -0.4 is 5.73 Å². The molecule has 2 aromatic carbocycles. The van der Waals surface area contributed by atoms with Crippen molar-refractivity contribution in [2.45, 2.75) is 6.92 Å². The van der Waals surface area contributed by atoms with Crippen LogP contribution in [0.15, 0.2) is 42.5 Å². The fourth-order valence-electron chi connectivity index (χ4n) is 1.73. The summed E-state index contributed by atoms with van der Waals surface area (Å²) in [7, 11) is 0. The summed E-state index contributed by atoms with van der Waals surface area (Å²) in [6.45, 7) is 1.90. The molecule has 0 aromatic heterocycles. The number of halogens is 1. The Hall–Kier alpha value is -1.36. The van der Waals surface area contributed by atoms with Crippen molar-refractivity contribution < 1.29 is 4.79 Å². The van der Waals surface area contributed by atoms with Crippen LogP contribution in [-0.2, 0) is 0 Å². The lowest BCUT2D eigenvalue weighted by atomic mass is 9.99. The number of nitrogen functional groups attached to an aromatic ring is 1. The number of anilines is 1. The van der Waals surface area contributed by atoms with Crippen LogP contribution in [0.2, 0.25) is 0 Å². The molecular weight excluding hydrogens is 325 g/mol. The maximum Gasteiger partial charge on any atom is 0.193 e. The maximum absolute atomic E-state index is 12.3. The first-order valence-electron chi connectivity index (χ1n) is 5.24. The molecule has 0 spiro atoms. The molecular formula is C14H12INO. The van der Waals surface area contributed by atoms with Gasteiger partial charge in [-0.05, 0) is 65.4 Å². The highest BCUT2D eigenvalue weighted by atomic mass is 127. The predicted molar refractivity (Wildman–Crippen MR) is 78.2 cm³/mol. The lowest BCUT2D eigenvalue weighted by Crippen LogP contribution is -2.04. The van der Waals surface area contributed by atoms with E-state index in [-0.39, 0.29) is 5.78 Å². The number of nitrogens with two attached hydrogens (primary N) is 1. The first kappa shape index (κ1) is 12.1. The number of carbonyl (C=O) groups is 1. The van der Waals surface area contributed by atoms with Crippen molar-refractivity contribution in [3.05, 3.63) is 62.7 Å². The fraction of sp³-hybridized carbons (Fsp3) is 0.0714. The molecule has 0 heterocycles. The molecule has 0 unspecified atom stereocenters. The largest absolute Gasteiger partial charge is 0.399 e. The third-order valence-electron chi connectivity index (χ3n) is 2.58. The van der Waals surface area contributed by atoms with E-state index >= 15 is 0 Å². The van der Waals surface area contributed by atoms with Crippen molar-refractivity contribution in [3.8, 4) is 0 Å². The minimum absolute atomic E-state index is 0.0426. The summed E-state index contributed by atoms with van der Waals surface area (Å²) in [4.78, 5) is 12.3. The molecule has 0 bridgehead atoms. The second-order valence-corrected chi connectivity index (χ2v) is 5.16. The molecule has 2 N–H and O–H groups in total. The number of hydrogen-bond donors (Lipinski definition) is 1. The van der Waals surface area contributed by atoms with Gasteiger partial charge in [-0.15, -0.1) is 0 Å². The minimum atomic E-state index is 0.0426. The molecule has 2 rings (SSSR count). The second kappa shape index (κ2) is 4.87. The summed E-state index contributed by atoms with van der Waals surface area (Å²) in [6, 6.07) is 12.9. The van der Waals surface area contributed by atoms with E-state index in [1.807, 2.05) is 37.3 Å². The van der Waals surface area contributed by atoms with Crippen LogP contribution in [0, 0.1) is 10.5 Å². The van der Waals surface area contributed by atoms with Crippen LogP contribution in [0.3, 0.4) is 0 Å². The monoisotopic (exact) mass is 337 g/mol. The Morgan fingerprint density at radius 2 is 1.94 bits per heavy atom. The first-order valence-corrected chi connectivity index (χ1v) is 6.32. The first-order chi connectivity index (χ1) is 8.08. The van der Waals surface area contributed by atoms with Crippen molar-refractivity contribution in [2.24, 2.45) is 0 Å². The second-order valence-electron chi connectivity index (χ2n) is 3.91. The van der Waals surface area contributed by atoms with Crippen molar-refractivity contribution in [3.63, 3.8) is 0 Å². The number of benzene rings is 2. The molecule has 17 heavy (non-hydrogen) atoms. The quantitative estimate of drug-likeness (QED) is 0.518. The third-order valence-corrected chi connectivity index (χ3v) is 3.25. The van der Waals surface area contributed by atoms with Gasteiger partial charge in [-0.1, -0.05) is 12.1 Å². The Morgan fingerprint density at radius 1 is 1.18 bits per heavy atom. The summed E-state index contributed by atoms with van der Waals surface area (Å²) < 4.78 is 1.06. The summed E-state index contributed by atoms with van der Waals surface area (Å²) in [5, 5.41) is 0. The molecule has 2 nitrogen and oxygen atoms in total. The number of hydrogen-bond acceptors (Lipinski definition) is 2.